The van der Waals surface area contributed by atoms with Crippen LogP contribution in [0.4, 0.5) is 0 Å². The molecule has 0 saturated carbocycles. The SMILES string of the molecule is NCCOCCCCCCCCOCCC=O. The van der Waals surface area contributed by atoms with E-state index in [2.05, 4.69) is 0 Å². The first kappa shape index (κ1) is 16.6. The van der Waals surface area contributed by atoms with Gasteiger partial charge in [0, 0.05) is 26.2 Å². The van der Waals surface area contributed by atoms with Crippen molar-refractivity contribution < 1.29 is 14.3 Å². The first-order chi connectivity index (χ1) is 8.41. The number of unbranched alkanes of at least 4 members (excludes halogenated alkanes) is 5. The van der Waals surface area contributed by atoms with Crippen molar-refractivity contribution in [1.82, 2.24) is 0 Å². The van der Waals surface area contributed by atoms with Gasteiger partial charge in [-0.05, 0) is 12.8 Å². The van der Waals surface area contributed by atoms with Crippen molar-refractivity contribution in [3.63, 3.8) is 0 Å². The molecule has 0 aromatic carbocycles. The molecule has 0 radical (unpaired) electrons. The third-order valence-electron chi connectivity index (χ3n) is 2.47. The van der Waals surface area contributed by atoms with E-state index in [0.29, 0.717) is 26.2 Å². The van der Waals surface area contributed by atoms with Gasteiger partial charge < -0.3 is 20.0 Å². The molecule has 102 valence electrons. The Morgan fingerprint density at radius 1 is 0.765 bits per heavy atom. The van der Waals surface area contributed by atoms with Gasteiger partial charge in [0.05, 0.1) is 13.2 Å². The lowest BCUT2D eigenvalue weighted by Gasteiger charge is -2.03. The van der Waals surface area contributed by atoms with Gasteiger partial charge in [-0.1, -0.05) is 25.7 Å². The zero-order valence-electron chi connectivity index (χ0n) is 10.9. The van der Waals surface area contributed by atoms with Gasteiger partial charge in [0.15, 0.2) is 0 Å². The number of carbonyl (C=O) groups excluding carboxylic acids is 1. The average Bonchev–Trinajstić information content (AvgIpc) is 2.35. The molecule has 0 bridgehead atoms. The first-order valence-corrected chi connectivity index (χ1v) is 6.71. The summed E-state index contributed by atoms with van der Waals surface area (Å²) in [6.45, 7) is 3.49. The van der Waals surface area contributed by atoms with Gasteiger partial charge in [0.25, 0.3) is 0 Å². The highest BCUT2D eigenvalue weighted by Crippen LogP contribution is 2.05. The minimum atomic E-state index is 0.517. The fourth-order valence-electron chi connectivity index (χ4n) is 1.53. The molecular weight excluding hydrogens is 218 g/mol. The van der Waals surface area contributed by atoms with E-state index in [1.807, 2.05) is 0 Å². The molecule has 0 heterocycles. The molecule has 17 heavy (non-hydrogen) atoms. The van der Waals surface area contributed by atoms with Crippen LogP contribution in [0, 0.1) is 0 Å². The van der Waals surface area contributed by atoms with Gasteiger partial charge in [0.1, 0.15) is 6.29 Å². The summed E-state index contributed by atoms with van der Waals surface area (Å²) < 4.78 is 10.6. The van der Waals surface area contributed by atoms with E-state index >= 15 is 0 Å². The Kier molecular flexibility index (Phi) is 15.1. The van der Waals surface area contributed by atoms with Crippen molar-refractivity contribution >= 4 is 6.29 Å². The van der Waals surface area contributed by atoms with Crippen molar-refractivity contribution in [2.75, 3.05) is 33.0 Å². The molecule has 0 atom stereocenters. The number of carbonyl (C=O) groups is 1. The molecule has 4 heteroatoms. The van der Waals surface area contributed by atoms with E-state index in [0.717, 1.165) is 32.3 Å². The maximum Gasteiger partial charge on any atom is 0.122 e. The minimum absolute atomic E-state index is 0.517. The van der Waals surface area contributed by atoms with E-state index in [1.165, 1.54) is 25.7 Å². The smallest absolute Gasteiger partial charge is 0.122 e. The molecule has 0 unspecified atom stereocenters. The van der Waals surface area contributed by atoms with Crippen molar-refractivity contribution in [3.05, 3.63) is 0 Å². The van der Waals surface area contributed by atoms with E-state index in [9.17, 15) is 4.79 Å². The molecule has 0 aliphatic carbocycles. The summed E-state index contributed by atoms with van der Waals surface area (Å²) in [7, 11) is 0. The van der Waals surface area contributed by atoms with Gasteiger partial charge in [-0.15, -0.1) is 0 Å². The average molecular weight is 245 g/mol. The predicted octanol–water partition coefficient (Wildman–Crippen LogP) is 1.91. The second-order valence-electron chi connectivity index (χ2n) is 4.09. The van der Waals surface area contributed by atoms with Gasteiger partial charge in [0.2, 0.25) is 0 Å². The highest BCUT2D eigenvalue weighted by atomic mass is 16.5. The molecule has 0 aliphatic heterocycles. The highest BCUT2D eigenvalue weighted by molar-refractivity contribution is 5.49. The third-order valence-corrected chi connectivity index (χ3v) is 2.47. The standard InChI is InChI=1S/C13H27NO3/c14-8-13-17-11-6-4-2-1-3-5-10-16-12-7-9-15/h9H,1-8,10-14H2. The molecule has 0 aromatic heterocycles. The normalized spacial score (nSPS) is 10.6. The maximum absolute atomic E-state index is 10.0. The summed E-state index contributed by atoms with van der Waals surface area (Å²) in [6.07, 6.45) is 8.61. The lowest BCUT2D eigenvalue weighted by atomic mass is 10.1. The van der Waals surface area contributed by atoms with Crippen LogP contribution in [0.1, 0.15) is 44.9 Å². The summed E-state index contributed by atoms with van der Waals surface area (Å²) in [5.41, 5.74) is 5.31. The number of ether oxygens (including phenoxy) is 2. The Balaban J connectivity index is 2.87. The summed E-state index contributed by atoms with van der Waals surface area (Å²) in [5, 5.41) is 0. The van der Waals surface area contributed by atoms with Crippen molar-refractivity contribution in [3.8, 4) is 0 Å². The van der Waals surface area contributed by atoms with Gasteiger partial charge in [-0.3, -0.25) is 0 Å². The maximum atomic E-state index is 10.0. The number of hydrogen-bond acceptors (Lipinski definition) is 4. The number of nitrogens with two attached hydrogens (primary N) is 1. The number of rotatable bonds is 14. The molecule has 0 aromatic rings. The Labute approximate surface area is 105 Å². The minimum Gasteiger partial charge on any atom is -0.381 e. The van der Waals surface area contributed by atoms with Crippen LogP contribution < -0.4 is 5.73 Å². The molecule has 0 rings (SSSR count). The second kappa shape index (κ2) is 15.6. The quantitative estimate of drug-likeness (QED) is 0.375. The molecule has 0 aliphatic rings. The van der Waals surface area contributed by atoms with E-state index < -0.39 is 0 Å². The summed E-state index contributed by atoms with van der Waals surface area (Å²) >= 11 is 0. The molecular formula is C13H27NO3. The third kappa shape index (κ3) is 15.5. The summed E-state index contributed by atoms with van der Waals surface area (Å²) in [4.78, 5) is 10.0. The molecule has 0 fully saturated rings. The predicted molar refractivity (Wildman–Crippen MR) is 69.1 cm³/mol. The number of hydrogen-bond donors (Lipinski definition) is 1. The lowest BCUT2D eigenvalue weighted by Crippen LogP contribution is -2.08. The molecule has 0 amide bonds. The lowest BCUT2D eigenvalue weighted by molar-refractivity contribution is -0.108. The summed E-state index contributed by atoms with van der Waals surface area (Å²) in [6, 6.07) is 0. The van der Waals surface area contributed by atoms with Crippen LogP contribution in [0.2, 0.25) is 0 Å². The first-order valence-electron chi connectivity index (χ1n) is 6.71. The fraction of sp³-hybridized carbons (Fsp3) is 0.923. The topological polar surface area (TPSA) is 61.6 Å². The zero-order chi connectivity index (χ0) is 12.6. The molecule has 0 spiro atoms. The van der Waals surface area contributed by atoms with Crippen LogP contribution in [-0.2, 0) is 14.3 Å². The molecule has 2 N–H and O–H groups in total. The van der Waals surface area contributed by atoms with E-state index in [-0.39, 0.29) is 0 Å². The van der Waals surface area contributed by atoms with E-state index in [1.54, 1.807) is 0 Å². The van der Waals surface area contributed by atoms with Crippen molar-refractivity contribution in [2.45, 2.75) is 44.9 Å². The molecule has 4 nitrogen and oxygen atoms in total. The Morgan fingerprint density at radius 2 is 1.29 bits per heavy atom. The van der Waals surface area contributed by atoms with Crippen LogP contribution in [0.5, 0.6) is 0 Å². The Bertz CT molecular complexity index is 154. The zero-order valence-corrected chi connectivity index (χ0v) is 10.9. The van der Waals surface area contributed by atoms with E-state index in [4.69, 9.17) is 15.2 Å². The van der Waals surface area contributed by atoms with Crippen LogP contribution in [-0.4, -0.2) is 39.3 Å². The highest BCUT2D eigenvalue weighted by Gasteiger charge is 1.93. The molecule has 0 saturated heterocycles. The van der Waals surface area contributed by atoms with Crippen molar-refractivity contribution in [1.29, 1.82) is 0 Å². The monoisotopic (exact) mass is 245 g/mol. The Morgan fingerprint density at radius 3 is 1.82 bits per heavy atom. The van der Waals surface area contributed by atoms with Crippen LogP contribution >= 0.6 is 0 Å². The summed E-state index contributed by atoms with van der Waals surface area (Å²) in [5.74, 6) is 0. The van der Waals surface area contributed by atoms with Crippen LogP contribution in [0.25, 0.3) is 0 Å². The second-order valence-corrected chi connectivity index (χ2v) is 4.09. The Hall–Kier alpha value is -0.450. The van der Waals surface area contributed by atoms with Crippen LogP contribution in [0.15, 0.2) is 0 Å². The number of aldehydes is 1. The van der Waals surface area contributed by atoms with Gasteiger partial charge in [-0.25, -0.2) is 0 Å². The van der Waals surface area contributed by atoms with Gasteiger partial charge in [-0.2, -0.15) is 0 Å². The van der Waals surface area contributed by atoms with Crippen LogP contribution in [0.3, 0.4) is 0 Å². The van der Waals surface area contributed by atoms with Gasteiger partial charge >= 0.3 is 0 Å². The fourth-order valence-corrected chi connectivity index (χ4v) is 1.53. The van der Waals surface area contributed by atoms with Crippen molar-refractivity contribution in [2.24, 2.45) is 5.73 Å². The largest absolute Gasteiger partial charge is 0.381 e.